The largest absolute Gasteiger partial charge is 0.357 e. The number of likely N-dealkylation sites (tertiary alicyclic amines) is 1. The van der Waals surface area contributed by atoms with Crippen molar-refractivity contribution >= 4 is 35.8 Å². The van der Waals surface area contributed by atoms with Crippen LogP contribution < -0.4 is 10.6 Å². The molecular formula is C22H38IN5O. The average molecular weight is 515 g/mol. The van der Waals surface area contributed by atoms with Gasteiger partial charge in [0.15, 0.2) is 5.96 Å². The van der Waals surface area contributed by atoms with Gasteiger partial charge in [-0.25, -0.2) is 4.99 Å². The summed E-state index contributed by atoms with van der Waals surface area (Å²) >= 11 is 0. The molecule has 1 saturated heterocycles. The maximum absolute atomic E-state index is 12.0. The van der Waals surface area contributed by atoms with Gasteiger partial charge in [0.2, 0.25) is 0 Å². The maximum Gasteiger partial charge on any atom is 0.253 e. The second-order valence-corrected chi connectivity index (χ2v) is 7.92. The minimum Gasteiger partial charge on any atom is -0.357 e. The SMILES string of the molecule is CCNC(=NCc1ccc(C(=O)N(C)C)cc1)NCCCN1CCCC(C)C1.I. The van der Waals surface area contributed by atoms with E-state index >= 15 is 0 Å². The van der Waals surface area contributed by atoms with E-state index in [4.69, 9.17) is 0 Å². The molecule has 1 aliphatic rings. The first-order chi connectivity index (χ1) is 13.5. The Bertz CT molecular complexity index is 633. The number of rotatable bonds is 8. The van der Waals surface area contributed by atoms with Gasteiger partial charge in [-0.15, -0.1) is 24.0 Å². The van der Waals surface area contributed by atoms with Crippen LogP contribution in [0.1, 0.15) is 49.0 Å². The van der Waals surface area contributed by atoms with Crippen molar-refractivity contribution in [3.05, 3.63) is 35.4 Å². The fourth-order valence-corrected chi connectivity index (χ4v) is 3.52. The second kappa shape index (κ2) is 13.8. The van der Waals surface area contributed by atoms with Crippen LogP contribution in [0, 0.1) is 5.92 Å². The summed E-state index contributed by atoms with van der Waals surface area (Å²) in [7, 11) is 3.53. The van der Waals surface area contributed by atoms with Gasteiger partial charge in [0, 0.05) is 39.3 Å². The molecule has 1 fully saturated rings. The summed E-state index contributed by atoms with van der Waals surface area (Å²) < 4.78 is 0. The molecule has 1 aliphatic heterocycles. The van der Waals surface area contributed by atoms with E-state index in [1.165, 1.54) is 25.9 Å². The zero-order valence-corrected chi connectivity index (χ0v) is 20.7. The number of nitrogens with one attached hydrogen (secondary N) is 2. The number of hydrogen-bond acceptors (Lipinski definition) is 3. The number of guanidine groups is 1. The van der Waals surface area contributed by atoms with Crippen molar-refractivity contribution in [3.63, 3.8) is 0 Å². The minimum atomic E-state index is 0. The highest BCUT2D eigenvalue weighted by molar-refractivity contribution is 14.0. The summed E-state index contributed by atoms with van der Waals surface area (Å²) in [6.45, 7) is 10.4. The predicted octanol–water partition coefficient (Wildman–Crippen LogP) is 3.18. The summed E-state index contributed by atoms with van der Waals surface area (Å²) in [4.78, 5) is 20.8. The normalized spacial score (nSPS) is 17.4. The lowest BCUT2D eigenvalue weighted by atomic mass is 10.0. The molecule has 0 radical (unpaired) electrons. The van der Waals surface area contributed by atoms with Crippen LogP contribution in [0.2, 0.25) is 0 Å². The van der Waals surface area contributed by atoms with Gasteiger partial charge in [0.05, 0.1) is 6.54 Å². The van der Waals surface area contributed by atoms with E-state index in [1.54, 1.807) is 19.0 Å². The third-order valence-corrected chi connectivity index (χ3v) is 5.06. The van der Waals surface area contributed by atoms with Gasteiger partial charge in [-0.2, -0.15) is 0 Å². The molecule has 1 aromatic rings. The molecule has 0 aromatic heterocycles. The van der Waals surface area contributed by atoms with Gasteiger partial charge in [-0.05, 0) is 62.9 Å². The molecule has 1 atom stereocenters. The molecule has 0 aliphatic carbocycles. The smallest absolute Gasteiger partial charge is 0.253 e. The quantitative estimate of drug-likeness (QED) is 0.242. The van der Waals surface area contributed by atoms with Gasteiger partial charge >= 0.3 is 0 Å². The van der Waals surface area contributed by atoms with Crippen molar-refractivity contribution in [1.82, 2.24) is 20.4 Å². The van der Waals surface area contributed by atoms with Crippen molar-refractivity contribution in [2.75, 3.05) is 46.8 Å². The summed E-state index contributed by atoms with van der Waals surface area (Å²) in [5.41, 5.74) is 1.80. The van der Waals surface area contributed by atoms with Gasteiger partial charge in [0.1, 0.15) is 0 Å². The average Bonchev–Trinajstić information content (AvgIpc) is 2.69. The van der Waals surface area contributed by atoms with Crippen molar-refractivity contribution in [1.29, 1.82) is 0 Å². The molecule has 1 heterocycles. The van der Waals surface area contributed by atoms with Gasteiger partial charge in [0.25, 0.3) is 5.91 Å². The number of piperidine rings is 1. The van der Waals surface area contributed by atoms with E-state index in [0.717, 1.165) is 43.5 Å². The van der Waals surface area contributed by atoms with Crippen LogP contribution in [0.25, 0.3) is 0 Å². The molecule has 29 heavy (non-hydrogen) atoms. The highest BCUT2D eigenvalue weighted by atomic mass is 127. The van der Waals surface area contributed by atoms with Crippen LogP contribution in [0.15, 0.2) is 29.3 Å². The molecule has 164 valence electrons. The summed E-state index contributed by atoms with van der Waals surface area (Å²) in [6, 6.07) is 7.68. The Labute approximate surface area is 193 Å². The van der Waals surface area contributed by atoms with Crippen LogP contribution in [-0.2, 0) is 6.54 Å². The number of halogens is 1. The van der Waals surface area contributed by atoms with E-state index in [-0.39, 0.29) is 29.9 Å². The Morgan fingerprint density at radius 3 is 2.59 bits per heavy atom. The maximum atomic E-state index is 12.0. The van der Waals surface area contributed by atoms with Crippen LogP contribution in [0.5, 0.6) is 0 Å². The van der Waals surface area contributed by atoms with Crippen LogP contribution >= 0.6 is 24.0 Å². The molecular weight excluding hydrogens is 477 g/mol. The summed E-state index contributed by atoms with van der Waals surface area (Å²) in [5.74, 6) is 1.70. The monoisotopic (exact) mass is 515 g/mol. The number of amides is 1. The third kappa shape index (κ3) is 9.33. The molecule has 1 unspecified atom stereocenters. The molecule has 7 heteroatoms. The van der Waals surface area contributed by atoms with Gasteiger partial charge < -0.3 is 20.4 Å². The van der Waals surface area contributed by atoms with E-state index in [1.807, 2.05) is 24.3 Å². The lowest BCUT2D eigenvalue weighted by Gasteiger charge is -2.30. The summed E-state index contributed by atoms with van der Waals surface area (Å²) in [5, 5.41) is 6.75. The first kappa shape index (κ1) is 25.7. The highest BCUT2D eigenvalue weighted by Crippen LogP contribution is 2.15. The molecule has 0 saturated carbocycles. The van der Waals surface area contributed by atoms with E-state index in [0.29, 0.717) is 12.1 Å². The Balaban J connectivity index is 0.00000420. The summed E-state index contributed by atoms with van der Waals surface area (Å²) in [6.07, 6.45) is 3.83. The predicted molar refractivity (Wildman–Crippen MR) is 132 cm³/mol. The van der Waals surface area contributed by atoms with Crippen LogP contribution in [0.4, 0.5) is 0 Å². The Hall–Kier alpha value is -1.35. The minimum absolute atomic E-state index is 0. The second-order valence-electron chi connectivity index (χ2n) is 7.92. The Kier molecular flexibility index (Phi) is 12.2. The topological polar surface area (TPSA) is 60.0 Å². The molecule has 1 amide bonds. The molecule has 1 aromatic carbocycles. The van der Waals surface area contributed by atoms with Crippen molar-refractivity contribution in [2.24, 2.45) is 10.9 Å². The number of carbonyl (C=O) groups excluding carboxylic acids is 1. The van der Waals surface area contributed by atoms with Crippen molar-refractivity contribution in [2.45, 2.75) is 39.7 Å². The zero-order chi connectivity index (χ0) is 20.4. The lowest BCUT2D eigenvalue weighted by molar-refractivity contribution is 0.0827. The number of aliphatic imine (C=N–C) groups is 1. The standard InChI is InChI=1S/C22H37N5O.HI/c1-5-23-22(24-13-7-15-27-14-6-8-18(2)17-27)25-16-19-9-11-20(12-10-19)21(28)26(3)4;/h9-12,18H,5-8,13-17H2,1-4H3,(H2,23,24,25);1H. The lowest BCUT2D eigenvalue weighted by Crippen LogP contribution is -2.40. The van der Waals surface area contributed by atoms with Crippen molar-refractivity contribution < 1.29 is 4.79 Å². The molecule has 6 nitrogen and oxygen atoms in total. The Morgan fingerprint density at radius 1 is 1.24 bits per heavy atom. The van der Waals surface area contributed by atoms with Gasteiger partial charge in [-0.3, -0.25) is 4.79 Å². The van der Waals surface area contributed by atoms with Crippen LogP contribution in [-0.4, -0.2) is 68.5 Å². The number of hydrogen-bond donors (Lipinski definition) is 2. The number of benzene rings is 1. The number of carbonyl (C=O) groups is 1. The zero-order valence-electron chi connectivity index (χ0n) is 18.4. The fraction of sp³-hybridized carbons (Fsp3) is 0.636. The van der Waals surface area contributed by atoms with Crippen molar-refractivity contribution in [3.8, 4) is 0 Å². The first-order valence-corrected chi connectivity index (χ1v) is 10.5. The fourth-order valence-electron chi connectivity index (χ4n) is 3.52. The van der Waals surface area contributed by atoms with Crippen LogP contribution in [0.3, 0.4) is 0 Å². The molecule has 0 bridgehead atoms. The van der Waals surface area contributed by atoms with E-state index in [2.05, 4.69) is 34.4 Å². The third-order valence-electron chi connectivity index (χ3n) is 5.06. The molecule has 2 N–H and O–H groups in total. The molecule has 2 rings (SSSR count). The van der Waals surface area contributed by atoms with E-state index in [9.17, 15) is 4.79 Å². The van der Waals surface area contributed by atoms with E-state index < -0.39 is 0 Å². The molecule has 0 spiro atoms. The van der Waals surface area contributed by atoms with Gasteiger partial charge in [-0.1, -0.05) is 19.1 Å². The first-order valence-electron chi connectivity index (χ1n) is 10.5. The highest BCUT2D eigenvalue weighted by Gasteiger charge is 2.15. The number of nitrogens with zero attached hydrogens (tertiary/aromatic N) is 3. The Morgan fingerprint density at radius 2 is 1.97 bits per heavy atom.